The van der Waals surface area contributed by atoms with Gasteiger partial charge in [-0.1, -0.05) is 36.4 Å². The first-order valence-corrected chi connectivity index (χ1v) is 11.1. The van der Waals surface area contributed by atoms with Gasteiger partial charge >= 0.3 is 0 Å². The van der Waals surface area contributed by atoms with E-state index in [0.29, 0.717) is 37.4 Å². The highest BCUT2D eigenvalue weighted by atomic mass is 16.5. The summed E-state index contributed by atoms with van der Waals surface area (Å²) >= 11 is 0. The Morgan fingerprint density at radius 3 is 2.53 bits per heavy atom. The molecule has 1 saturated heterocycles. The third kappa shape index (κ3) is 4.05. The first kappa shape index (κ1) is 22.2. The number of hydrogen-bond donors (Lipinski definition) is 1. The maximum Gasteiger partial charge on any atom is 0.227 e. The number of methoxy groups -OCH3 is 2. The molecular weight excluding hydrogens is 404 g/mol. The standard InChI is InChI=1S/C26H30N2O4/c1-31-23-9-5-3-7-19(23)14-25(29)28-16-20-13-18(11-12-27)15-26(30,22(20)17-28)21-8-4-6-10-24(21)32-2/h3-10,18,20,22,30H,11,13-17H2,1-2H3. The molecule has 168 valence electrons. The molecule has 1 aliphatic carbocycles. The van der Waals surface area contributed by atoms with Gasteiger partial charge in [-0.05, 0) is 36.8 Å². The molecule has 2 aliphatic rings. The molecule has 1 amide bonds. The number of rotatable bonds is 6. The lowest BCUT2D eigenvalue weighted by molar-refractivity contribution is -0.130. The van der Waals surface area contributed by atoms with E-state index in [9.17, 15) is 15.2 Å². The number of aliphatic hydroxyl groups is 1. The Bertz CT molecular complexity index is 1020. The largest absolute Gasteiger partial charge is 0.496 e. The van der Waals surface area contributed by atoms with Gasteiger partial charge in [0, 0.05) is 36.6 Å². The van der Waals surface area contributed by atoms with E-state index in [1.807, 2.05) is 53.4 Å². The third-order valence-electron chi connectivity index (χ3n) is 7.13. The van der Waals surface area contributed by atoms with Gasteiger partial charge in [-0.15, -0.1) is 0 Å². The summed E-state index contributed by atoms with van der Waals surface area (Å²) in [6, 6.07) is 17.4. The summed E-state index contributed by atoms with van der Waals surface area (Å²) in [5, 5.41) is 21.4. The van der Waals surface area contributed by atoms with Crippen LogP contribution in [0, 0.1) is 29.1 Å². The number of ether oxygens (including phenoxy) is 2. The molecule has 1 N–H and O–H groups in total. The van der Waals surface area contributed by atoms with Crippen molar-refractivity contribution < 1.29 is 19.4 Å². The minimum absolute atomic E-state index is 0.0307. The van der Waals surface area contributed by atoms with Crippen LogP contribution in [0.15, 0.2) is 48.5 Å². The van der Waals surface area contributed by atoms with Crippen LogP contribution in [0.4, 0.5) is 0 Å². The zero-order chi connectivity index (χ0) is 22.7. The molecule has 4 atom stereocenters. The average Bonchev–Trinajstić information content (AvgIpc) is 3.25. The van der Waals surface area contributed by atoms with Gasteiger partial charge in [0.05, 0.1) is 32.3 Å². The van der Waals surface area contributed by atoms with Crippen molar-refractivity contribution in [2.24, 2.45) is 17.8 Å². The van der Waals surface area contributed by atoms with Gasteiger partial charge in [-0.3, -0.25) is 4.79 Å². The van der Waals surface area contributed by atoms with E-state index >= 15 is 0 Å². The van der Waals surface area contributed by atoms with Crippen LogP contribution in [0.1, 0.15) is 30.4 Å². The van der Waals surface area contributed by atoms with Gasteiger partial charge in [-0.2, -0.15) is 5.26 Å². The number of fused-ring (bicyclic) bond motifs is 1. The number of hydrogen-bond acceptors (Lipinski definition) is 5. The van der Waals surface area contributed by atoms with Crippen LogP contribution in [0.3, 0.4) is 0 Å². The van der Waals surface area contributed by atoms with E-state index in [1.54, 1.807) is 14.2 Å². The fourth-order valence-corrected chi connectivity index (χ4v) is 5.68. The van der Waals surface area contributed by atoms with Crippen molar-refractivity contribution in [2.75, 3.05) is 27.3 Å². The maximum absolute atomic E-state index is 13.2. The lowest BCUT2D eigenvalue weighted by atomic mass is 9.63. The number of carbonyl (C=O) groups is 1. The van der Waals surface area contributed by atoms with Crippen molar-refractivity contribution >= 4 is 5.91 Å². The maximum atomic E-state index is 13.2. The van der Waals surface area contributed by atoms with Crippen molar-refractivity contribution in [3.8, 4) is 17.6 Å². The summed E-state index contributed by atoms with van der Waals surface area (Å²) in [4.78, 5) is 15.1. The van der Waals surface area contributed by atoms with Crippen molar-refractivity contribution in [3.63, 3.8) is 0 Å². The lowest BCUT2D eigenvalue weighted by Crippen LogP contribution is -2.46. The molecule has 2 fully saturated rings. The van der Waals surface area contributed by atoms with Gasteiger partial charge in [0.2, 0.25) is 5.91 Å². The monoisotopic (exact) mass is 434 g/mol. The molecule has 1 heterocycles. The van der Waals surface area contributed by atoms with Crippen molar-refractivity contribution in [3.05, 3.63) is 59.7 Å². The van der Waals surface area contributed by atoms with Crippen molar-refractivity contribution in [1.82, 2.24) is 4.90 Å². The second kappa shape index (κ2) is 9.22. The molecule has 0 bridgehead atoms. The lowest BCUT2D eigenvalue weighted by Gasteiger charge is -2.45. The smallest absolute Gasteiger partial charge is 0.227 e. The Balaban J connectivity index is 1.61. The summed E-state index contributed by atoms with van der Waals surface area (Å²) < 4.78 is 11.0. The van der Waals surface area contributed by atoms with E-state index in [-0.39, 0.29) is 30.1 Å². The Kier molecular flexibility index (Phi) is 6.38. The fraction of sp³-hybridized carbons (Fsp3) is 0.462. The van der Waals surface area contributed by atoms with Crippen LogP contribution >= 0.6 is 0 Å². The Morgan fingerprint density at radius 2 is 1.81 bits per heavy atom. The highest BCUT2D eigenvalue weighted by Crippen LogP contribution is 2.52. The fourth-order valence-electron chi connectivity index (χ4n) is 5.68. The summed E-state index contributed by atoms with van der Waals surface area (Å²) in [7, 11) is 3.21. The molecule has 0 aromatic heterocycles. The molecule has 0 spiro atoms. The minimum Gasteiger partial charge on any atom is -0.496 e. The van der Waals surface area contributed by atoms with E-state index in [0.717, 1.165) is 17.5 Å². The van der Waals surface area contributed by atoms with Crippen LogP contribution < -0.4 is 9.47 Å². The second-order valence-electron chi connectivity index (χ2n) is 8.95. The molecule has 2 aromatic carbocycles. The molecule has 6 nitrogen and oxygen atoms in total. The van der Waals surface area contributed by atoms with Crippen LogP contribution in [0.25, 0.3) is 0 Å². The van der Waals surface area contributed by atoms with Gasteiger partial charge in [0.15, 0.2) is 0 Å². The highest BCUT2D eigenvalue weighted by molar-refractivity contribution is 5.80. The zero-order valence-corrected chi connectivity index (χ0v) is 18.7. The van der Waals surface area contributed by atoms with E-state index < -0.39 is 5.60 Å². The normalized spacial score (nSPS) is 26.8. The predicted molar refractivity (Wildman–Crippen MR) is 120 cm³/mol. The van der Waals surface area contributed by atoms with Crippen molar-refractivity contribution in [2.45, 2.75) is 31.3 Å². The van der Waals surface area contributed by atoms with E-state index in [1.165, 1.54) is 0 Å². The average molecular weight is 435 g/mol. The van der Waals surface area contributed by atoms with Crippen LogP contribution in [-0.2, 0) is 16.8 Å². The number of likely N-dealkylation sites (tertiary alicyclic amines) is 1. The molecule has 0 radical (unpaired) electrons. The number of benzene rings is 2. The molecule has 4 rings (SSSR count). The second-order valence-corrected chi connectivity index (χ2v) is 8.95. The van der Waals surface area contributed by atoms with Gasteiger partial charge in [-0.25, -0.2) is 0 Å². The molecule has 6 heteroatoms. The van der Waals surface area contributed by atoms with Gasteiger partial charge < -0.3 is 19.5 Å². The van der Waals surface area contributed by atoms with Crippen LogP contribution in [0.2, 0.25) is 0 Å². The summed E-state index contributed by atoms with van der Waals surface area (Å²) in [5.41, 5.74) is 0.465. The van der Waals surface area contributed by atoms with Crippen molar-refractivity contribution in [1.29, 1.82) is 5.26 Å². The number of para-hydroxylation sites is 2. The highest BCUT2D eigenvalue weighted by Gasteiger charge is 2.53. The first-order chi connectivity index (χ1) is 15.5. The molecule has 4 unspecified atom stereocenters. The van der Waals surface area contributed by atoms with E-state index in [2.05, 4.69) is 6.07 Å². The minimum atomic E-state index is -1.14. The summed E-state index contributed by atoms with van der Waals surface area (Å²) in [6.45, 7) is 1.09. The SMILES string of the molecule is COc1ccccc1CC(=O)N1CC2CC(CC#N)CC(O)(c3ccccc3OC)C2C1. The number of nitrogens with zero attached hydrogens (tertiary/aromatic N) is 2. The Labute approximate surface area is 189 Å². The summed E-state index contributed by atoms with van der Waals surface area (Å²) in [5.74, 6) is 1.50. The molecule has 1 aliphatic heterocycles. The third-order valence-corrected chi connectivity index (χ3v) is 7.13. The summed E-state index contributed by atoms with van der Waals surface area (Å²) in [6.07, 6.45) is 2.00. The molecule has 32 heavy (non-hydrogen) atoms. The first-order valence-electron chi connectivity index (χ1n) is 11.1. The zero-order valence-electron chi connectivity index (χ0n) is 18.7. The quantitative estimate of drug-likeness (QED) is 0.752. The van der Waals surface area contributed by atoms with E-state index in [4.69, 9.17) is 9.47 Å². The molecule has 2 aromatic rings. The van der Waals surface area contributed by atoms with Gasteiger partial charge in [0.1, 0.15) is 11.5 Å². The van der Waals surface area contributed by atoms with Crippen LogP contribution in [0.5, 0.6) is 11.5 Å². The Hall–Kier alpha value is -3.04. The molecular formula is C26H30N2O4. The predicted octanol–water partition coefficient (Wildman–Crippen LogP) is 3.53. The Morgan fingerprint density at radius 1 is 1.12 bits per heavy atom. The molecule has 1 saturated carbocycles. The number of carbonyl (C=O) groups excluding carboxylic acids is 1. The number of amides is 1. The topological polar surface area (TPSA) is 82.8 Å². The van der Waals surface area contributed by atoms with Gasteiger partial charge in [0.25, 0.3) is 0 Å². The van der Waals surface area contributed by atoms with Crippen LogP contribution in [-0.4, -0.2) is 43.2 Å². The number of nitriles is 1.